The Balaban J connectivity index is 1.47. The highest BCUT2D eigenvalue weighted by Crippen LogP contribution is 2.34. The molecule has 0 bridgehead atoms. The number of hydrogen-bond donors (Lipinski definition) is 1. The molecule has 0 amide bonds. The van der Waals surface area contributed by atoms with Crippen molar-refractivity contribution in [3.8, 4) is 0 Å². The summed E-state index contributed by atoms with van der Waals surface area (Å²) in [6.45, 7) is 2.88. The van der Waals surface area contributed by atoms with E-state index in [9.17, 15) is 30.0 Å². The van der Waals surface area contributed by atoms with Gasteiger partial charge in [0.2, 0.25) is 16.0 Å². The zero-order chi connectivity index (χ0) is 27.7. The third-order valence-electron chi connectivity index (χ3n) is 5.37. The molecular weight excluding hydrogens is 589 g/mol. The van der Waals surface area contributed by atoms with Crippen molar-refractivity contribution in [2.75, 3.05) is 31.0 Å². The van der Waals surface area contributed by atoms with Crippen LogP contribution < -0.4 is 4.72 Å². The Kier molecular flexibility index (Phi) is 8.26. The second-order valence-electron chi connectivity index (χ2n) is 7.98. The van der Waals surface area contributed by atoms with E-state index in [0.717, 1.165) is 6.07 Å². The number of nitrogens with zero attached hydrogens (tertiary/aromatic N) is 3. The monoisotopic (exact) mass is 608 g/mol. The lowest BCUT2D eigenvalue weighted by molar-refractivity contribution is -0.137. The predicted octanol–water partition coefficient (Wildman–Crippen LogP) is 4.43. The average molecular weight is 609 g/mol. The van der Waals surface area contributed by atoms with Crippen molar-refractivity contribution in [3.05, 3.63) is 64.9 Å². The fraction of sp³-hybridized carbons (Fsp3) is 0.273. The lowest BCUT2D eigenvalue weighted by Gasteiger charge is -2.26. The van der Waals surface area contributed by atoms with Crippen molar-refractivity contribution >= 4 is 49.4 Å². The van der Waals surface area contributed by atoms with E-state index < -0.39 is 41.7 Å². The van der Waals surface area contributed by atoms with Gasteiger partial charge in [0, 0.05) is 24.2 Å². The minimum atomic E-state index is -4.68. The maximum absolute atomic E-state index is 12.9. The zero-order valence-electron chi connectivity index (χ0n) is 19.6. The number of aryl methyl sites for hydroxylation is 1. The van der Waals surface area contributed by atoms with Crippen LogP contribution >= 0.6 is 23.4 Å². The zero-order valence-corrected chi connectivity index (χ0v) is 22.8. The van der Waals surface area contributed by atoms with Crippen molar-refractivity contribution in [1.29, 1.82) is 0 Å². The normalized spacial score (nSPS) is 15.4. The topological polar surface area (TPSA) is 119 Å². The van der Waals surface area contributed by atoms with Gasteiger partial charge < -0.3 is 4.74 Å². The molecule has 0 unspecified atom stereocenters. The number of rotatable bonds is 7. The van der Waals surface area contributed by atoms with E-state index >= 15 is 0 Å². The van der Waals surface area contributed by atoms with E-state index in [1.165, 1.54) is 34.4 Å². The molecule has 1 N–H and O–H groups in total. The van der Waals surface area contributed by atoms with Crippen LogP contribution in [0, 0.1) is 6.92 Å². The number of nitrogens with one attached hydrogen (secondary N) is 1. The van der Waals surface area contributed by atoms with Gasteiger partial charge in [0.05, 0.1) is 39.3 Å². The van der Waals surface area contributed by atoms with E-state index in [1.807, 2.05) is 0 Å². The predicted molar refractivity (Wildman–Crippen MR) is 134 cm³/mol. The summed E-state index contributed by atoms with van der Waals surface area (Å²) in [5, 5.41) is -0.602. The fourth-order valence-electron chi connectivity index (χ4n) is 3.42. The first-order chi connectivity index (χ1) is 17.8. The molecule has 2 aromatic carbocycles. The quantitative estimate of drug-likeness (QED) is 0.419. The van der Waals surface area contributed by atoms with Crippen LogP contribution in [0.2, 0.25) is 5.02 Å². The molecule has 1 aliphatic heterocycles. The minimum absolute atomic E-state index is 0.156. The van der Waals surface area contributed by atoms with Crippen LogP contribution in [-0.2, 0) is 31.0 Å². The Hall–Kier alpha value is -2.43. The summed E-state index contributed by atoms with van der Waals surface area (Å²) in [5.41, 5.74) is -0.673. The van der Waals surface area contributed by atoms with Gasteiger partial charge in [-0.2, -0.15) is 17.5 Å². The standard InChI is InChI=1S/C22H20ClF3N4O5S3/c1-14-19(36-16-3-5-17(6-4-16)38(33,34)30-8-10-35-11-9-30)13-27-21(28-14)29-37(31,32)20-7-2-15(12-18(20)23)22(24,25)26/h2-7,12-13H,8-11H2,1H3,(H,27,28,29). The average Bonchev–Trinajstić information content (AvgIpc) is 2.85. The van der Waals surface area contributed by atoms with Crippen LogP contribution in [0.25, 0.3) is 0 Å². The summed E-state index contributed by atoms with van der Waals surface area (Å²) in [6.07, 6.45) is -3.30. The molecular formula is C22H20ClF3N4O5S3. The van der Waals surface area contributed by atoms with Crippen molar-refractivity contribution in [2.24, 2.45) is 0 Å². The number of halogens is 4. The summed E-state index contributed by atoms with van der Waals surface area (Å²) in [7, 11) is -8.00. The highest BCUT2D eigenvalue weighted by atomic mass is 35.5. The number of morpholine rings is 1. The lowest BCUT2D eigenvalue weighted by atomic mass is 10.2. The Bertz CT molecular complexity index is 1550. The van der Waals surface area contributed by atoms with E-state index in [-0.39, 0.29) is 23.9 Å². The van der Waals surface area contributed by atoms with Gasteiger partial charge in [-0.05, 0) is 49.4 Å². The van der Waals surface area contributed by atoms with E-state index in [1.54, 1.807) is 19.1 Å². The Morgan fingerprint density at radius 3 is 2.29 bits per heavy atom. The maximum Gasteiger partial charge on any atom is 0.416 e. The summed E-state index contributed by atoms with van der Waals surface area (Å²) >= 11 is 7.05. The van der Waals surface area contributed by atoms with Gasteiger partial charge in [0.25, 0.3) is 10.0 Å². The van der Waals surface area contributed by atoms with E-state index in [4.69, 9.17) is 16.3 Å². The van der Waals surface area contributed by atoms with Crippen molar-refractivity contribution in [1.82, 2.24) is 14.3 Å². The molecule has 204 valence electrons. The second kappa shape index (κ2) is 11.0. The molecule has 1 aliphatic rings. The van der Waals surface area contributed by atoms with E-state index in [2.05, 4.69) is 14.7 Å². The maximum atomic E-state index is 12.9. The molecule has 0 aliphatic carbocycles. The largest absolute Gasteiger partial charge is 0.416 e. The highest BCUT2D eigenvalue weighted by molar-refractivity contribution is 7.99. The minimum Gasteiger partial charge on any atom is -0.379 e. The lowest BCUT2D eigenvalue weighted by Crippen LogP contribution is -2.40. The first-order valence-electron chi connectivity index (χ1n) is 10.9. The molecule has 3 aromatic rings. The van der Waals surface area contributed by atoms with Gasteiger partial charge in [0.1, 0.15) is 4.90 Å². The molecule has 9 nitrogen and oxygen atoms in total. The molecule has 38 heavy (non-hydrogen) atoms. The third-order valence-corrected chi connectivity index (χ3v) is 10.2. The number of sulfonamides is 2. The Morgan fingerprint density at radius 2 is 1.71 bits per heavy atom. The molecule has 0 spiro atoms. The molecule has 0 radical (unpaired) electrons. The molecule has 4 rings (SSSR count). The third kappa shape index (κ3) is 6.40. The molecule has 16 heteroatoms. The molecule has 0 saturated carbocycles. The number of alkyl halides is 3. The fourth-order valence-corrected chi connectivity index (χ4v) is 7.15. The molecule has 1 fully saturated rings. The SMILES string of the molecule is Cc1nc(NS(=O)(=O)c2ccc(C(F)(F)F)cc2Cl)ncc1Sc1ccc(S(=O)(=O)N2CCOCC2)cc1. The van der Waals surface area contributed by atoms with Crippen molar-refractivity contribution < 1.29 is 34.7 Å². The van der Waals surface area contributed by atoms with Gasteiger partial charge in [-0.15, -0.1) is 0 Å². The van der Waals surface area contributed by atoms with Crippen molar-refractivity contribution in [3.63, 3.8) is 0 Å². The number of anilines is 1. The van der Waals surface area contributed by atoms with Gasteiger partial charge in [-0.25, -0.2) is 31.5 Å². The summed E-state index contributed by atoms with van der Waals surface area (Å²) in [4.78, 5) is 8.99. The molecule has 1 saturated heterocycles. The first kappa shape index (κ1) is 28.6. The summed E-state index contributed by atoms with van der Waals surface area (Å²) in [5.74, 6) is -0.297. The molecule has 1 aromatic heterocycles. The number of aromatic nitrogens is 2. The summed E-state index contributed by atoms with van der Waals surface area (Å²) in [6, 6.07) is 8.18. The van der Waals surface area contributed by atoms with Crippen LogP contribution in [-0.4, -0.2) is 57.4 Å². The Labute approximate surface area is 226 Å². The van der Waals surface area contributed by atoms with E-state index in [0.29, 0.717) is 40.8 Å². The highest BCUT2D eigenvalue weighted by Gasteiger charge is 2.32. The van der Waals surface area contributed by atoms with Crippen LogP contribution in [0.1, 0.15) is 11.3 Å². The number of hydrogen-bond acceptors (Lipinski definition) is 8. The van der Waals surface area contributed by atoms with Gasteiger partial charge >= 0.3 is 6.18 Å². The van der Waals surface area contributed by atoms with Gasteiger partial charge in [-0.1, -0.05) is 23.4 Å². The van der Waals surface area contributed by atoms with Crippen LogP contribution in [0.5, 0.6) is 0 Å². The first-order valence-corrected chi connectivity index (χ1v) is 15.0. The summed E-state index contributed by atoms with van der Waals surface area (Å²) < 4.78 is 98.1. The van der Waals surface area contributed by atoms with Gasteiger partial charge in [-0.3, -0.25) is 0 Å². The number of ether oxygens (including phenoxy) is 1. The molecule has 2 heterocycles. The van der Waals surface area contributed by atoms with Crippen LogP contribution in [0.3, 0.4) is 0 Å². The Morgan fingerprint density at radius 1 is 1.05 bits per heavy atom. The van der Waals surface area contributed by atoms with Crippen molar-refractivity contribution in [2.45, 2.75) is 32.7 Å². The second-order valence-corrected chi connectivity index (χ2v) is 13.1. The molecule has 0 atom stereocenters. The number of benzene rings is 2. The van der Waals surface area contributed by atoms with Gasteiger partial charge in [0.15, 0.2) is 0 Å². The smallest absolute Gasteiger partial charge is 0.379 e. The van der Waals surface area contributed by atoms with Crippen LogP contribution in [0.4, 0.5) is 19.1 Å². The van der Waals surface area contributed by atoms with Crippen LogP contribution in [0.15, 0.2) is 68.2 Å².